The summed E-state index contributed by atoms with van der Waals surface area (Å²) >= 11 is 0. The number of piperazine rings is 1. The zero-order valence-electron chi connectivity index (χ0n) is 17.6. The van der Waals surface area contributed by atoms with Crippen LogP contribution < -0.4 is 4.74 Å². The van der Waals surface area contributed by atoms with Gasteiger partial charge in [0.25, 0.3) is 11.8 Å². The highest BCUT2D eigenvalue weighted by Gasteiger charge is 2.34. The molecule has 0 bridgehead atoms. The highest BCUT2D eigenvalue weighted by molar-refractivity contribution is 7.88. The van der Waals surface area contributed by atoms with Gasteiger partial charge in [-0.05, 0) is 42.5 Å². The van der Waals surface area contributed by atoms with Crippen LogP contribution in [0.3, 0.4) is 0 Å². The van der Waals surface area contributed by atoms with Crippen molar-refractivity contribution >= 4 is 27.7 Å². The number of rotatable bonds is 4. The molecule has 2 aliphatic heterocycles. The second kappa shape index (κ2) is 8.50. The van der Waals surface area contributed by atoms with Crippen LogP contribution in [0.15, 0.2) is 63.2 Å². The van der Waals surface area contributed by atoms with Crippen molar-refractivity contribution < 1.29 is 27.2 Å². The highest BCUT2D eigenvalue weighted by atomic mass is 32.2. The summed E-state index contributed by atoms with van der Waals surface area (Å²) in [7, 11) is -1.24. The van der Waals surface area contributed by atoms with Gasteiger partial charge in [-0.25, -0.2) is 4.31 Å². The summed E-state index contributed by atoms with van der Waals surface area (Å²) in [6.45, 7) is 1.17. The number of carbonyl (C=O) groups is 2. The lowest BCUT2D eigenvalue weighted by Crippen LogP contribution is -2.52. The molecule has 2 amide bonds. The molecule has 2 aliphatic rings. The summed E-state index contributed by atoms with van der Waals surface area (Å²) in [6, 6.07) is 9.96. The van der Waals surface area contributed by atoms with Crippen LogP contribution in [-0.2, 0) is 15.0 Å². The summed E-state index contributed by atoms with van der Waals surface area (Å²) < 4.78 is 40.2. The van der Waals surface area contributed by atoms with Gasteiger partial charge in [0.1, 0.15) is 11.4 Å². The van der Waals surface area contributed by atoms with E-state index in [0.29, 0.717) is 24.4 Å². The second-order valence-corrected chi connectivity index (χ2v) is 8.87. The number of allylic oxidation sites excluding steroid dienone is 1. The third-order valence-electron chi connectivity index (χ3n) is 5.36. The lowest BCUT2D eigenvalue weighted by molar-refractivity contribution is -0.129. The third kappa shape index (κ3) is 4.11. The summed E-state index contributed by atoms with van der Waals surface area (Å²) in [4.78, 5) is 28.7. The Hall–Kier alpha value is -3.60. The minimum absolute atomic E-state index is 0.00312. The largest absolute Gasteiger partial charge is 0.497 e. The van der Waals surface area contributed by atoms with Crippen LogP contribution in [-0.4, -0.2) is 80.4 Å². The van der Waals surface area contributed by atoms with Crippen molar-refractivity contribution in [3.63, 3.8) is 0 Å². The van der Waals surface area contributed by atoms with E-state index in [1.807, 2.05) is 0 Å². The third-order valence-corrected chi connectivity index (χ3v) is 6.68. The van der Waals surface area contributed by atoms with Crippen molar-refractivity contribution in [1.29, 1.82) is 0 Å². The van der Waals surface area contributed by atoms with Crippen LogP contribution >= 0.6 is 0 Å². The highest BCUT2D eigenvalue weighted by Crippen LogP contribution is 2.23. The Morgan fingerprint density at radius 3 is 2.19 bits per heavy atom. The smallest absolute Gasteiger partial charge is 0.345 e. The predicted octanol–water partition coefficient (Wildman–Crippen LogP) is 1.14. The van der Waals surface area contributed by atoms with Crippen LogP contribution in [0.4, 0.5) is 0 Å². The molecule has 1 fully saturated rings. The fraction of sp³-hybridized carbons (Fsp3) is 0.286. The molecule has 0 saturated carbocycles. The first-order valence-corrected chi connectivity index (χ1v) is 11.3. The van der Waals surface area contributed by atoms with Crippen molar-refractivity contribution in [2.45, 2.75) is 0 Å². The van der Waals surface area contributed by atoms with Crippen LogP contribution in [0.25, 0.3) is 0 Å². The Morgan fingerprint density at radius 1 is 1.00 bits per heavy atom. The lowest BCUT2D eigenvalue weighted by atomic mass is 10.1. The quantitative estimate of drug-likeness (QED) is 0.679. The Labute approximate surface area is 185 Å². The Bertz CT molecular complexity index is 1180. The van der Waals surface area contributed by atoms with Gasteiger partial charge in [-0.1, -0.05) is 0 Å². The van der Waals surface area contributed by atoms with E-state index in [1.165, 1.54) is 31.4 Å². The van der Waals surface area contributed by atoms with Gasteiger partial charge in [0.2, 0.25) is 0 Å². The summed E-state index contributed by atoms with van der Waals surface area (Å²) in [5.41, 5.74) is 0.707. The maximum Gasteiger partial charge on any atom is 0.345 e. The van der Waals surface area contributed by atoms with Crippen molar-refractivity contribution in [2.24, 2.45) is 4.40 Å². The Kier molecular flexibility index (Phi) is 5.74. The fourth-order valence-electron chi connectivity index (χ4n) is 3.48. The number of amides is 2. The van der Waals surface area contributed by atoms with E-state index in [0.717, 1.165) is 4.31 Å². The number of nitrogens with zero attached hydrogens (tertiary/aromatic N) is 4. The molecule has 1 aromatic carbocycles. The molecule has 2 aromatic rings. The first-order valence-electron chi connectivity index (χ1n) is 9.87. The van der Waals surface area contributed by atoms with Crippen molar-refractivity contribution in [3.8, 4) is 5.75 Å². The van der Waals surface area contributed by atoms with Gasteiger partial charge in [-0.2, -0.15) is 8.42 Å². The topological polar surface area (TPSA) is 113 Å². The van der Waals surface area contributed by atoms with Gasteiger partial charge in [-0.15, -0.1) is 4.40 Å². The minimum Gasteiger partial charge on any atom is -0.497 e. The number of carbonyl (C=O) groups excluding carboxylic acids is 2. The van der Waals surface area contributed by atoms with Gasteiger partial charge in [0, 0.05) is 38.8 Å². The van der Waals surface area contributed by atoms with Gasteiger partial charge < -0.3 is 19.0 Å². The number of hydrogen-bond acceptors (Lipinski definition) is 6. The van der Waals surface area contributed by atoms with E-state index in [2.05, 4.69) is 4.40 Å². The molecule has 0 atom stereocenters. The number of furan rings is 1. The average Bonchev–Trinajstić information content (AvgIpc) is 3.35. The Morgan fingerprint density at radius 2 is 1.62 bits per heavy atom. The maximum atomic E-state index is 13.2. The average molecular weight is 458 g/mol. The van der Waals surface area contributed by atoms with Crippen molar-refractivity contribution in [1.82, 2.24) is 14.1 Å². The standard InChI is InChI=1S/C21H22N4O6S/c1-23-18(14-17(22-32(23,28)29)15-5-7-16(30-2)8-6-15)20(26)24-9-11-25(12-10-24)21(27)19-4-3-13-31-19/h3-8,13-14H,9-12H2,1-2H3. The van der Waals surface area contributed by atoms with E-state index >= 15 is 0 Å². The molecule has 0 radical (unpaired) electrons. The summed E-state index contributed by atoms with van der Waals surface area (Å²) in [6.07, 6.45) is 2.90. The Balaban J connectivity index is 1.52. The van der Waals surface area contributed by atoms with E-state index in [9.17, 15) is 18.0 Å². The van der Waals surface area contributed by atoms with Crippen LogP contribution in [0.5, 0.6) is 5.75 Å². The van der Waals surface area contributed by atoms with Crippen molar-refractivity contribution in [3.05, 3.63) is 65.8 Å². The maximum absolute atomic E-state index is 13.2. The molecule has 10 nitrogen and oxygen atoms in total. The molecule has 0 aliphatic carbocycles. The first kappa shape index (κ1) is 21.6. The number of methoxy groups -OCH3 is 1. The van der Waals surface area contributed by atoms with Crippen LogP contribution in [0, 0.1) is 0 Å². The molecular formula is C21H22N4O6S. The predicted molar refractivity (Wildman–Crippen MR) is 115 cm³/mol. The number of benzene rings is 1. The van der Waals surface area contributed by atoms with E-state index in [-0.39, 0.29) is 36.2 Å². The molecule has 11 heteroatoms. The van der Waals surface area contributed by atoms with Crippen LogP contribution in [0.2, 0.25) is 0 Å². The normalized spacial score (nSPS) is 18.1. The monoisotopic (exact) mass is 458 g/mol. The molecule has 0 N–H and O–H groups in total. The molecule has 0 spiro atoms. The number of hydrogen-bond donors (Lipinski definition) is 0. The van der Waals surface area contributed by atoms with E-state index in [4.69, 9.17) is 9.15 Å². The first-order chi connectivity index (χ1) is 15.3. The molecule has 1 saturated heterocycles. The van der Waals surface area contributed by atoms with E-state index < -0.39 is 16.1 Å². The fourth-order valence-corrected chi connectivity index (χ4v) is 4.39. The number of ether oxygens (including phenoxy) is 1. The molecule has 1 aromatic heterocycles. The summed E-state index contributed by atoms with van der Waals surface area (Å²) in [5, 5.41) is 0. The summed E-state index contributed by atoms with van der Waals surface area (Å²) in [5.74, 6) is 0.174. The SMILES string of the molecule is COc1ccc(C2=NS(=O)(=O)N(C)C(C(=O)N3CCN(C(=O)c4ccco4)CC3)=C2)cc1. The second-order valence-electron chi connectivity index (χ2n) is 7.24. The van der Waals surface area contributed by atoms with E-state index in [1.54, 1.807) is 41.3 Å². The molecule has 3 heterocycles. The van der Waals surface area contributed by atoms with Gasteiger partial charge >= 0.3 is 10.2 Å². The molecule has 0 unspecified atom stereocenters. The number of likely N-dealkylation sites (N-methyl/N-ethyl adjacent to an activating group) is 1. The van der Waals surface area contributed by atoms with Gasteiger partial charge in [0.15, 0.2) is 5.76 Å². The molecule has 168 valence electrons. The molecule has 4 rings (SSSR count). The van der Waals surface area contributed by atoms with Crippen molar-refractivity contribution in [2.75, 3.05) is 40.3 Å². The zero-order valence-corrected chi connectivity index (χ0v) is 18.4. The minimum atomic E-state index is -4.06. The molecular weight excluding hydrogens is 436 g/mol. The zero-order chi connectivity index (χ0) is 22.9. The molecule has 32 heavy (non-hydrogen) atoms. The lowest BCUT2D eigenvalue weighted by Gasteiger charge is -2.36. The van der Waals surface area contributed by atoms with Gasteiger partial charge in [-0.3, -0.25) is 9.59 Å². The van der Waals surface area contributed by atoms with Crippen LogP contribution in [0.1, 0.15) is 16.1 Å². The van der Waals surface area contributed by atoms with Gasteiger partial charge in [0.05, 0.1) is 19.1 Å².